The molecule has 1 aliphatic rings. The van der Waals surface area contributed by atoms with Crippen molar-refractivity contribution in [3.8, 4) is 22.8 Å². The summed E-state index contributed by atoms with van der Waals surface area (Å²) in [5, 5.41) is 11.2. The maximum Gasteiger partial charge on any atom is 0.161 e. The van der Waals surface area contributed by atoms with Gasteiger partial charge in [0.1, 0.15) is 11.0 Å². The molecule has 0 radical (unpaired) electrons. The summed E-state index contributed by atoms with van der Waals surface area (Å²) >= 11 is 0. The number of H-pyrrole nitrogens is 2. The Kier molecular flexibility index (Phi) is 6.18. The Morgan fingerprint density at radius 2 is 1.62 bits per heavy atom. The molecule has 5 aromatic heterocycles. The fourth-order valence-electron chi connectivity index (χ4n) is 5.29. The van der Waals surface area contributed by atoms with Gasteiger partial charge in [0.05, 0.1) is 34.8 Å². The third-order valence-corrected chi connectivity index (χ3v) is 7.30. The number of nitrogens with one attached hydrogen (secondary N) is 3. The maximum atomic E-state index is 4.99. The number of nitrogens with zero attached hydrogens (tertiary/aromatic N) is 6. The number of piperidine rings is 1. The van der Waals surface area contributed by atoms with Crippen molar-refractivity contribution in [3.05, 3.63) is 84.4 Å². The Bertz CT molecular complexity index is 1730. The Morgan fingerprint density at radius 3 is 2.51 bits per heavy atom. The van der Waals surface area contributed by atoms with Crippen LogP contribution in [0.1, 0.15) is 30.4 Å². The van der Waals surface area contributed by atoms with E-state index in [1.807, 2.05) is 43.0 Å². The van der Waals surface area contributed by atoms with Gasteiger partial charge in [0.15, 0.2) is 11.5 Å². The zero-order valence-electron chi connectivity index (χ0n) is 21.6. The number of aromatic amines is 2. The Balaban J connectivity index is 1.18. The van der Waals surface area contributed by atoms with E-state index in [0.29, 0.717) is 11.5 Å². The van der Waals surface area contributed by atoms with Crippen molar-refractivity contribution in [2.45, 2.75) is 32.4 Å². The number of hydrogen-bond donors (Lipinski definition) is 3. The molecule has 0 aliphatic carbocycles. The second kappa shape index (κ2) is 10.3. The monoisotopic (exact) mass is 515 g/mol. The molecule has 0 unspecified atom stereocenters. The highest BCUT2D eigenvalue weighted by Crippen LogP contribution is 2.31. The lowest BCUT2D eigenvalue weighted by atomic mass is 10.1. The molecule has 39 heavy (non-hydrogen) atoms. The quantitative estimate of drug-likeness (QED) is 0.267. The lowest BCUT2D eigenvalue weighted by Crippen LogP contribution is -2.29. The maximum absolute atomic E-state index is 4.99. The molecule has 7 rings (SSSR count). The third kappa shape index (κ3) is 4.72. The highest BCUT2D eigenvalue weighted by Gasteiger charge is 2.20. The van der Waals surface area contributed by atoms with Gasteiger partial charge in [-0.25, -0.2) is 9.97 Å². The van der Waals surface area contributed by atoms with Gasteiger partial charge >= 0.3 is 0 Å². The molecule has 0 amide bonds. The van der Waals surface area contributed by atoms with Crippen molar-refractivity contribution in [2.24, 2.45) is 0 Å². The summed E-state index contributed by atoms with van der Waals surface area (Å²) in [5.74, 6) is 0.684. The van der Waals surface area contributed by atoms with Gasteiger partial charge in [-0.15, -0.1) is 0 Å². The van der Waals surface area contributed by atoms with Crippen LogP contribution in [-0.4, -0.2) is 48.2 Å². The number of fused-ring (bicyclic) bond motifs is 2. The van der Waals surface area contributed by atoms with Crippen molar-refractivity contribution in [1.82, 2.24) is 40.4 Å². The first-order valence-corrected chi connectivity index (χ1v) is 13.4. The summed E-state index contributed by atoms with van der Waals surface area (Å²) in [5.41, 5.74) is 9.39. The summed E-state index contributed by atoms with van der Waals surface area (Å²) in [4.78, 5) is 24.7. The van der Waals surface area contributed by atoms with Crippen LogP contribution in [0.15, 0.2) is 73.3 Å². The van der Waals surface area contributed by atoms with Crippen molar-refractivity contribution >= 4 is 27.8 Å². The van der Waals surface area contributed by atoms with E-state index in [9.17, 15) is 0 Å². The second-order valence-corrected chi connectivity index (χ2v) is 10.0. The van der Waals surface area contributed by atoms with Gasteiger partial charge in [-0.2, -0.15) is 5.10 Å². The predicted molar refractivity (Wildman–Crippen MR) is 153 cm³/mol. The fourth-order valence-corrected chi connectivity index (χ4v) is 5.29. The summed E-state index contributed by atoms with van der Waals surface area (Å²) in [6.45, 7) is 3.60. The van der Waals surface area contributed by atoms with Crippen LogP contribution in [0.4, 0.5) is 5.69 Å². The van der Waals surface area contributed by atoms with E-state index in [-0.39, 0.29) is 0 Å². The molecule has 1 fully saturated rings. The van der Waals surface area contributed by atoms with Crippen molar-refractivity contribution in [3.63, 3.8) is 0 Å². The van der Waals surface area contributed by atoms with Gasteiger partial charge in [-0.3, -0.25) is 15.1 Å². The highest BCUT2D eigenvalue weighted by atomic mass is 15.2. The number of hydrogen-bond acceptors (Lipinski definition) is 7. The van der Waals surface area contributed by atoms with E-state index >= 15 is 0 Å². The van der Waals surface area contributed by atoms with Crippen LogP contribution in [0.2, 0.25) is 0 Å². The first kappa shape index (κ1) is 23.5. The van der Waals surface area contributed by atoms with E-state index in [4.69, 9.17) is 9.97 Å². The summed E-state index contributed by atoms with van der Waals surface area (Å²) in [6.07, 6.45) is 11.2. The Labute approximate surface area is 225 Å². The largest absolute Gasteiger partial charge is 0.368 e. The number of aromatic nitrogens is 7. The van der Waals surface area contributed by atoms with Gasteiger partial charge in [0, 0.05) is 44.1 Å². The topological polar surface area (TPSA) is 111 Å². The molecule has 0 bridgehead atoms. The molecule has 0 spiro atoms. The van der Waals surface area contributed by atoms with E-state index in [0.717, 1.165) is 70.8 Å². The van der Waals surface area contributed by atoms with Crippen LogP contribution in [0.3, 0.4) is 0 Å². The molecule has 1 aliphatic heterocycles. The zero-order chi connectivity index (χ0) is 26.0. The SMILES string of the molecule is c1ccc(CNCc2cncc(-c3ccc4[nH]nc(-c5nc6c(N7CCCCC7)cncc6[nH]5)c4n3)c2)cc1. The van der Waals surface area contributed by atoms with E-state index in [1.165, 1.54) is 24.8 Å². The summed E-state index contributed by atoms with van der Waals surface area (Å²) < 4.78 is 0. The van der Waals surface area contributed by atoms with E-state index < -0.39 is 0 Å². The second-order valence-electron chi connectivity index (χ2n) is 10.0. The molecular weight excluding hydrogens is 486 g/mol. The third-order valence-electron chi connectivity index (χ3n) is 7.30. The van der Waals surface area contributed by atoms with E-state index in [1.54, 1.807) is 0 Å². The fraction of sp³-hybridized carbons (Fsp3) is 0.233. The number of anilines is 1. The molecule has 3 N–H and O–H groups in total. The minimum atomic E-state index is 0.684. The average Bonchev–Trinajstić information content (AvgIpc) is 3.62. The number of rotatable bonds is 7. The Hall–Kier alpha value is -4.63. The van der Waals surface area contributed by atoms with Gasteiger partial charge in [-0.05, 0) is 48.6 Å². The molecule has 9 heteroatoms. The van der Waals surface area contributed by atoms with Crippen LogP contribution < -0.4 is 10.2 Å². The molecule has 6 aromatic rings. The van der Waals surface area contributed by atoms with Crippen molar-refractivity contribution in [2.75, 3.05) is 18.0 Å². The zero-order valence-corrected chi connectivity index (χ0v) is 21.6. The Morgan fingerprint density at radius 1 is 0.769 bits per heavy atom. The van der Waals surface area contributed by atoms with Gasteiger partial charge in [0.2, 0.25) is 0 Å². The van der Waals surface area contributed by atoms with Crippen LogP contribution >= 0.6 is 0 Å². The van der Waals surface area contributed by atoms with Crippen molar-refractivity contribution in [1.29, 1.82) is 0 Å². The van der Waals surface area contributed by atoms with Crippen molar-refractivity contribution < 1.29 is 0 Å². The number of imidazole rings is 1. The minimum Gasteiger partial charge on any atom is -0.368 e. The molecular formula is C30H29N9. The normalized spacial score (nSPS) is 13.9. The average molecular weight is 516 g/mol. The van der Waals surface area contributed by atoms with Crippen LogP contribution in [-0.2, 0) is 13.1 Å². The van der Waals surface area contributed by atoms with E-state index in [2.05, 4.69) is 65.7 Å². The van der Waals surface area contributed by atoms with Crippen LogP contribution in [0, 0.1) is 0 Å². The lowest BCUT2D eigenvalue weighted by Gasteiger charge is -2.28. The molecule has 9 nitrogen and oxygen atoms in total. The molecule has 6 heterocycles. The lowest BCUT2D eigenvalue weighted by molar-refractivity contribution is 0.578. The van der Waals surface area contributed by atoms with Gasteiger partial charge in [-0.1, -0.05) is 30.3 Å². The van der Waals surface area contributed by atoms with Crippen LogP contribution in [0.25, 0.3) is 44.8 Å². The van der Waals surface area contributed by atoms with Crippen LogP contribution in [0.5, 0.6) is 0 Å². The molecule has 194 valence electrons. The summed E-state index contributed by atoms with van der Waals surface area (Å²) in [6, 6.07) is 16.5. The number of pyridine rings is 3. The number of benzene rings is 1. The van der Waals surface area contributed by atoms with Gasteiger partial charge in [0.25, 0.3) is 0 Å². The molecule has 0 atom stereocenters. The first-order valence-electron chi connectivity index (χ1n) is 13.4. The predicted octanol–water partition coefficient (Wildman–Crippen LogP) is 5.24. The van der Waals surface area contributed by atoms with Gasteiger partial charge < -0.3 is 15.2 Å². The molecule has 0 saturated carbocycles. The smallest absolute Gasteiger partial charge is 0.161 e. The highest BCUT2D eigenvalue weighted by molar-refractivity contribution is 5.94. The summed E-state index contributed by atoms with van der Waals surface area (Å²) in [7, 11) is 0. The molecule has 1 saturated heterocycles. The minimum absolute atomic E-state index is 0.684. The molecule has 1 aromatic carbocycles. The first-order chi connectivity index (χ1) is 19.3. The standard InChI is InChI=1S/C30H29N9/c1-3-7-20(8-4-1)14-31-15-21-13-22(17-32-16-21)23-9-10-24-28(34-23)29(38-37-24)30-35-25-18-33-19-26(27(25)36-30)39-11-5-2-6-12-39/h1,3-4,7-10,13,16-19,31H,2,5-6,11-12,14-15H2,(H,35,36)(H,37,38).